The lowest BCUT2D eigenvalue weighted by Crippen LogP contribution is -2.22. The second-order valence-electron chi connectivity index (χ2n) is 5.14. The Labute approximate surface area is 111 Å². The van der Waals surface area contributed by atoms with Crippen LogP contribution in [0.5, 0.6) is 0 Å². The summed E-state index contributed by atoms with van der Waals surface area (Å²) in [6, 6.07) is 8.22. The second kappa shape index (κ2) is 4.53. The molecule has 0 bridgehead atoms. The zero-order valence-corrected chi connectivity index (χ0v) is 10.8. The Morgan fingerprint density at radius 2 is 2.11 bits per heavy atom. The van der Waals surface area contributed by atoms with E-state index in [1.165, 1.54) is 5.56 Å². The van der Waals surface area contributed by atoms with E-state index in [-0.39, 0.29) is 5.92 Å². The van der Waals surface area contributed by atoms with E-state index in [2.05, 4.69) is 24.2 Å². The summed E-state index contributed by atoms with van der Waals surface area (Å²) in [6.07, 6.45) is 3.88. The third kappa shape index (κ3) is 2.14. The number of carboxylic acids is 1. The van der Waals surface area contributed by atoms with E-state index in [0.717, 1.165) is 23.4 Å². The fourth-order valence-electron chi connectivity index (χ4n) is 2.64. The molecule has 0 unspecified atom stereocenters. The number of benzene rings is 1. The molecule has 1 aromatic carbocycles. The van der Waals surface area contributed by atoms with Crippen molar-refractivity contribution >= 4 is 5.97 Å². The minimum atomic E-state index is -0.700. The van der Waals surface area contributed by atoms with E-state index >= 15 is 0 Å². The van der Waals surface area contributed by atoms with Crippen molar-refractivity contribution in [1.29, 1.82) is 0 Å². The van der Waals surface area contributed by atoms with Gasteiger partial charge < -0.3 is 5.11 Å². The van der Waals surface area contributed by atoms with Crippen LogP contribution >= 0.6 is 0 Å². The number of carboxylic acid groups (broad SMARTS) is 1. The molecule has 4 heteroatoms. The molecular weight excluding hydrogens is 240 g/mol. The van der Waals surface area contributed by atoms with Crippen molar-refractivity contribution in [3.8, 4) is 5.69 Å². The maximum absolute atomic E-state index is 11.1. The smallest absolute Gasteiger partial charge is 0.306 e. The molecule has 1 atom stereocenters. The number of rotatable bonds is 2. The molecule has 98 valence electrons. The summed E-state index contributed by atoms with van der Waals surface area (Å²) >= 11 is 0. The molecule has 1 aromatic heterocycles. The summed E-state index contributed by atoms with van der Waals surface area (Å²) in [5.41, 5.74) is 4.48. The summed E-state index contributed by atoms with van der Waals surface area (Å²) in [6.45, 7) is 2.06. The van der Waals surface area contributed by atoms with Crippen molar-refractivity contribution in [2.75, 3.05) is 0 Å². The van der Waals surface area contributed by atoms with E-state index in [1.54, 1.807) is 0 Å². The maximum Gasteiger partial charge on any atom is 0.306 e. The van der Waals surface area contributed by atoms with Crippen LogP contribution in [0.1, 0.15) is 23.2 Å². The molecule has 1 heterocycles. The SMILES string of the molecule is Cc1ccc(-n2ncc3c2CC[C@@H](C(=O)O)C3)cc1. The minimum Gasteiger partial charge on any atom is -0.481 e. The largest absolute Gasteiger partial charge is 0.481 e. The highest BCUT2D eigenvalue weighted by Gasteiger charge is 2.27. The van der Waals surface area contributed by atoms with Gasteiger partial charge in [0.1, 0.15) is 0 Å². The summed E-state index contributed by atoms with van der Waals surface area (Å²) in [5, 5.41) is 13.5. The number of aromatic nitrogens is 2. The van der Waals surface area contributed by atoms with Gasteiger partial charge in [0.05, 0.1) is 17.8 Å². The van der Waals surface area contributed by atoms with Crippen LogP contribution in [-0.2, 0) is 17.6 Å². The van der Waals surface area contributed by atoms with Crippen LogP contribution in [0.25, 0.3) is 5.69 Å². The topological polar surface area (TPSA) is 55.1 Å². The third-order valence-corrected chi connectivity index (χ3v) is 3.78. The van der Waals surface area contributed by atoms with E-state index in [1.807, 2.05) is 23.0 Å². The second-order valence-corrected chi connectivity index (χ2v) is 5.14. The summed E-state index contributed by atoms with van der Waals surface area (Å²) in [7, 11) is 0. The van der Waals surface area contributed by atoms with E-state index in [0.29, 0.717) is 12.8 Å². The van der Waals surface area contributed by atoms with Crippen LogP contribution < -0.4 is 0 Å². The van der Waals surface area contributed by atoms with Gasteiger partial charge in [-0.1, -0.05) is 17.7 Å². The van der Waals surface area contributed by atoms with Crippen LogP contribution in [0.4, 0.5) is 0 Å². The van der Waals surface area contributed by atoms with E-state index in [4.69, 9.17) is 5.11 Å². The highest BCUT2D eigenvalue weighted by Crippen LogP contribution is 2.27. The van der Waals surface area contributed by atoms with Crippen molar-refractivity contribution in [1.82, 2.24) is 9.78 Å². The van der Waals surface area contributed by atoms with Crippen LogP contribution in [0.2, 0.25) is 0 Å². The van der Waals surface area contributed by atoms with Gasteiger partial charge in [0.2, 0.25) is 0 Å². The predicted octanol–water partition coefficient (Wildman–Crippen LogP) is 2.37. The number of fused-ring (bicyclic) bond motifs is 1. The molecule has 0 saturated heterocycles. The van der Waals surface area contributed by atoms with Gasteiger partial charge >= 0.3 is 5.97 Å². The zero-order valence-electron chi connectivity index (χ0n) is 10.8. The van der Waals surface area contributed by atoms with Crippen molar-refractivity contribution in [3.05, 3.63) is 47.3 Å². The number of hydrogen-bond acceptors (Lipinski definition) is 2. The Hall–Kier alpha value is -2.10. The van der Waals surface area contributed by atoms with Crippen LogP contribution in [0.15, 0.2) is 30.5 Å². The first-order valence-corrected chi connectivity index (χ1v) is 6.51. The average Bonchev–Trinajstić information content (AvgIpc) is 2.82. The van der Waals surface area contributed by atoms with Crippen LogP contribution in [0, 0.1) is 12.8 Å². The van der Waals surface area contributed by atoms with Crippen molar-refractivity contribution in [2.45, 2.75) is 26.2 Å². The Balaban J connectivity index is 1.95. The Morgan fingerprint density at radius 1 is 1.37 bits per heavy atom. The minimum absolute atomic E-state index is 0.261. The number of carbonyl (C=O) groups is 1. The molecule has 0 radical (unpaired) electrons. The molecular formula is C15H16N2O2. The Bertz CT molecular complexity index is 614. The van der Waals surface area contributed by atoms with Crippen molar-refractivity contribution in [3.63, 3.8) is 0 Å². The summed E-state index contributed by atoms with van der Waals surface area (Å²) in [4.78, 5) is 11.1. The zero-order chi connectivity index (χ0) is 13.4. The van der Waals surface area contributed by atoms with Gasteiger partial charge in [0.25, 0.3) is 0 Å². The Morgan fingerprint density at radius 3 is 2.79 bits per heavy atom. The highest BCUT2D eigenvalue weighted by molar-refractivity contribution is 5.71. The molecule has 3 rings (SSSR count). The van der Waals surface area contributed by atoms with Crippen molar-refractivity contribution < 1.29 is 9.90 Å². The maximum atomic E-state index is 11.1. The van der Waals surface area contributed by atoms with Crippen molar-refractivity contribution in [2.24, 2.45) is 5.92 Å². The standard InChI is InChI=1S/C15H16N2O2/c1-10-2-5-13(6-3-10)17-14-7-4-11(15(18)19)8-12(14)9-16-17/h2-3,5-6,9,11H,4,7-8H2,1H3,(H,18,19)/t11-/m1/s1. The van der Waals surface area contributed by atoms with E-state index in [9.17, 15) is 4.79 Å². The van der Waals surface area contributed by atoms with Crippen LogP contribution in [-0.4, -0.2) is 20.9 Å². The molecule has 1 N–H and O–H groups in total. The third-order valence-electron chi connectivity index (χ3n) is 3.78. The van der Waals surface area contributed by atoms with Gasteiger partial charge in [-0.05, 0) is 43.9 Å². The quantitative estimate of drug-likeness (QED) is 0.897. The van der Waals surface area contributed by atoms with Gasteiger partial charge in [-0.25, -0.2) is 4.68 Å². The first-order chi connectivity index (χ1) is 9.15. The fourth-order valence-corrected chi connectivity index (χ4v) is 2.64. The van der Waals surface area contributed by atoms with Gasteiger partial charge in [-0.3, -0.25) is 4.79 Å². The molecule has 4 nitrogen and oxygen atoms in total. The first-order valence-electron chi connectivity index (χ1n) is 6.51. The summed E-state index contributed by atoms with van der Waals surface area (Å²) < 4.78 is 1.94. The average molecular weight is 256 g/mol. The molecule has 1 aliphatic carbocycles. The monoisotopic (exact) mass is 256 g/mol. The van der Waals surface area contributed by atoms with Gasteiger partial charge in [0, 0.05) is 5.69 Å². The normalized spacial score (nSPS) is 18.1. The highest BCUT2D eigenvalue weighted by atomic mass is 16.4. The molecule has 0 fully saturated rings. The predicted molar refractivity (Wildman–Crippen MR) is 71.5 cm³/mol. The van der Waals surface area contributed by atoms with E-state index < -0.39 is 5.97 Å². The molecule has 0 amide bonds. The number of aryl methyl sites for hydroxylation is 1. The Kier molecular flexibility index (Phi) is 2.85. The number of nitrogens with zero attached hydrogens (tertiary/aromatic N) is 2. The molecule has 0 spiro atoms. The number of aliphatic carboxylic acids is 1. The lowest BCUT2D eigenvalue weighted by molar-refractivity contribution is -0.142. The van der Waals surface area contributed by atoms with Gasteiger partial charge in [-0.2, -0.15) is 5.10 Å². The van der Waals surface area contributed by atoms with Gasteiger partial charge in [-0.15, -0.1) is 0 Å². The molecule has 19 heavy (non-hydrogen) atoms. The molecule has 0 aliphatic heterocycles. The first kappa shape index (κ1) is 12.0. The van der Waals surface area contributed by atoms with Crippen LogP contribution in [0.3, 0.4) is 0 Å². The number of hydrogen-bond donors (Lipinski definition) is 1. The molecule has 0 saturated carbocycles. The van der Waals surface area contributed by atoms with Gasteiger partial charge in [0.15, 0.2) is 0 Å². The lowest BCUT2D eigenvalue weighted by atomic mass is 9.88. The lowest BCUT2D eigenvalue weighted by Gasteiger charge is -2.19. The molecule has 1 aliphatic rings. The molecule has 2 aromatic rings. The fraction of sp³-hybridized carbons (Fsp3) is 0.333. The summed E-state index contributed by atoms with van der Waals surface area (Å²) in [5.74, 6) is -0.961.